The van der Waals surface area contributed by atoms with Crippen LogP contribution in [0.4, 0.5) is 0 Å². The quantitative estimate of drug-likeness (QED) is 0.454. The lowest BCUT2D eigenvalue weighted by molar-refractivity contribution is 0.286. The molecule has 0 spiro atoms. The number of nitrogens with one attached hydrogen (secondary N) is 1. The van der Waals surface area contributed by atoms with Gasteiger partial charge in [0.2, 0.25) is 0 Å². The molecule has 1 N–H and O–H groups in total. The molecule has 7 nitrogen and oxygen atoms in total. The number of hydrogen-bond acceptors (Lipinski definition) is 6. The topological polar surface area (TPSA) is 85.7 Å². The van der Waals surface area contributed by atoms with Crippen LogP contribution < -0.4 is 10.3 Å². The zero-order valence-electron chi connectivity index (χ0n) is 17.2. The number of rotatable bonds is 7. The van der Waals surface area contributed by atoms with Gasteiger partial charge in [0.05, 0.1) is 16.7 Å². The van der Waals surface area contributed by atoms with Gasteiger partial charge in [-0.15, -0.1) is 10.2 Å². The first-order valence-corrected chi connectivity index (χ1v) is 10.8. The van der Waals surface area contributed by atoms with Crippen molar-refractivity contribution >= 4 is 22.7 Å². The summed E-state index contributed by atoms with van der Waals surface area (Å²) in [5.41, 5.74) is 2.86. The minimum Gasteiger partial charge on any atom is -0.485 e. The first kappa shape index (κ1) is 20.2. The van der Waals surface area contributed by atoms with Gasteiger partial charge in [0.1, 0.15) is 18.2 Å². The minimum atomic E-state index is -0.129. The van der Waals surface area contributed by atoms with Gasteiger partial charge in [-0.25, -0.2) is 4.98 Å². The first-order chi connectivity index (χ1) is 14.5. The lowest BCUT2D eigenvalue weighted by Crippen LogP contribution is -2.11. The van der Waals surface area contributed by atoms with E-state index in [1.807, 2.05) is 48.7 Å². The summed E-state index contributed by atoms with van der Waals surface area (Å²) in [4.78, 5) is 19.7. The second-order valence-corrected chi connectivity index (χ2v) is 7.96. The van der Waals surface area contributed by atoms with E-state index in [-0.39, 0.29) is 5.56 Å². The molecule has 0 unspecified atom stereocenters. The molecule has 0 radical (unpaired) electrons. The van der Waals surface area contributed by atoms with Gasteiger partial charge in [-0.05, 0) is 44.5 Å². The van der Waals surface area contributed by atoms with Crippen LogP contribution in [0.1, 0.15) is 29.7 Å². The molecule has 0 aliphatic heterocycles. The van der Waals surface area contributed by atoms with Crippen molar-refractivity contribution in [1.82, 2.24) is 24.7 Å². The Kier molecular flexibility index (Phi) is 5.85. The van der Waals surface area contributed by atoms with Crippen LogP contribution >= 0.6 is 11.8 Å². The lowest BCUT2D eigenvalue weighted by atomic mass is 10.1. The van der Waals surface area contributed by atoms with Gasteiger partial charge in [0, 0.05) is 6.54 Å². The largest absolute Gasteiger partial charge is 0.485 e. The number of hydrogen-bond donors (Lipinski definition) is 1. The highest BCUT2D eigenvalue weighted by atomic mass is 32.2. The van der Waals surface area contributed by atoms with Crippen LogP contribution in [0.5, 0.6) is 5.75 Å². The van der Waals surface area contributed by atoms with Gasteiger partial charge < -0.3 is 14.3 Å². The predicted octanol–water partition coefficient (Wildman–Crippen LogP) is 4.02. The van der Waals surface area contributed by atoms with Crippen molar-refractivity contribution in [2.24, 2.45) is 0 Å². The monoisotopic (exact) mass is 421 g/mol. The minimum absolute atomic E-state index is 0.129. The van der Waals surface area contributed by atoms with E-state index in [0.717, 1.165) is 28.8 Å². The summed E-state index contributed by atoms with van der Waals surface area (Å²) in [6, 6.07) is 13.4. The predicted molar refractivity (Wildman–Crippen MR) is 118 cm³/mol. The number of para-hydroxylation sites is 1. The molecule has 2 aromatic heterocycles. The Labute approximate surface area is 178 Å². The van der Waals surface area contributed by atoms with Crippen molar-refractivity contribution in [2.75, 3.05) is 0 Å². The molecule has 2 heterocycles. The van der Waals surface area contributed by atoms with Crippen molar-refractivity contribution in [3.63, 3.8) is 0 Å². The molecule has 0 saturated heterocycles. The summed E-state index contributed by atoms with van der Waals surface area (Å²) in [5, 5.41) is 9.98. The normalized spacial score (nSPS) is 11.2. The summed E-state index contributed by atoms with van der Waals surface area (Å²) in [6.45, 7) is 7.21. The fraction of sp³-hybridized carbons (Fsp3) is 0.273. The average Bonchev–Trinajstić information content (AvgIpc) is 3.13. The van der Waals surface area contributed by atoms with Gasteiger partial charge in [-0.1, -0.05) is 41.6 Å². The van der Waals surface area contributed by atoms with Crippen LogP contribution in [0.3, 0.4) is 0 Å². The molecule has 0 aliphatic rings. The van der Waals surface area contributed by atoms with Crippen LogP contribution in [0.2, 0.25) is 0 Å². The van der Waals surface area contributed by atoms with E-state index >= 15 is 0 Å². The molecule has 0 saturated carbocycles. The molecule has 0 aliphatic carbocycles. The number of aromatic nitrogens is 5. The van der Waals surface area contributed by atoms with Gasteiger partial charge in [0.25, 0.3) is 5.56 Å². The molecule has 0 atom stereocenters. The van der Waals surface area contributed by atoms with E-state index in [2.05, 4.69) is 33.2 Å². The van der Waals surface area contributed by atoms with E-state index in [1.54, 1.807) is 6.07 Å². The summed E-state index contributed by atoms with van der Waals surface area (Å²) < 4.78 is 7.99. The Bertz CT molecular complexity index is 1250. The zero-order valence-corrected chi connectivity index (χ0v) is 18.0. The number of fused-ring (bicyclic) bond motifs is 1. The molecule has 8 heteroatoms. The van der Waals surface area contributed by atoms with Crippen LogP contribution in [0.15, 0.2) is 52.4 Å². The third-order valence-corrected chi connectivity index (χ3v) is 5.77. The fourth-order valence-electron chi connectivity index (χ4n) is 3.29. The van der Waals surface area contributed by atoms with Crippen molar-refractivity contribution < 1.29 is 4.74 Å². The fourth-order valence-corrected chi connectivity index (χ4v) is 4.18. The van der Waals surface area contributed by atoms with E-state index in [9.17, 15) is 4.79 Å². The first-order valence-electron chi connectivity index (χ1n) is 9.78. The standard InChI is InChI=1S/C22H23N5O2S/c1-4-27-20(12-29-18-10-9-14(2)11-15(18)3)25-26-22(27)30-13-19-23-17-8-6-5-7-16(17)21(28)24-19/h5-11H,4,12-13H2,1-3H3,(H,23,24,28). The summed E-state index contributed by atoms with van der Waals surface area (Å²) in [5.74, 6) is 2.72. The molecular weight excluding hydrogens is 398 g/mol. The summed E-state index contributed by atoms with van der Waals surface area (Å²) >= 11 is 1.49. The highest BCUT2D eigenvalue weighted by Crippen LogP contribution is 2.23. The maximum absolute atomic E-state index is 12.3. The molecule has 30 heavy (non-hydrogen) atoms. The molecule has 4 aromatic rings. The Morgan fingerprint density at radius 2 is 1.97 bits per heavy atom. The van der Waals surface area contributed by atoms with Crippen molar-refractivity contribution in [3.8, 4) is 5.75 Å². The molecular formula is C22H23N5O2S. The number of benzene rings is 2. The summed E-state index contributed by atoms with van der Waals surface area (Å²) in [6.07, 6.45) is 0. The van der Waals surface area contributed by atoms with Crippen LogP contribution in [0.25, 0.3) is 10.9 Å². The Morgan fingerprint density at radius 3 is 2.77 bits per heavy atom. The Hall–Kier alpha value is -3.13. The SMILES string of the molecule is CCn1c(COc2ccc(C)cc2C)nnc1SCc1nc2ccccc2c(=O)[nH]1. The number of thioether (sulfide) groups is 1. The second kappa shape index (κ2) is 8.71. The molecule has 154 valence electrons. The van der Waals surface area contributed by atoms with Crippen molar-refractivity contribution in [3.05, 3.63) is 75.6 Å². The molecule has 0 amide bonds. The third kappa shape index (κ3) is 4.23. The number of ether oxygens (including phenoxy) is 1. The molecule has 2 aromatic carbocycles. The maximum Gasteiger partial charge on any atom is 0.258 e. The number of nitrogens with zero attached hydrogens (tertiary/aromatic N) is 4. The van der Waals surface area contributed by atoms with Crippen LogP contribution in [-0.4, -0.2) is 24.7 Å². The van der Waals surface area contributed by atoms with Crippen molar-refractivity contribution in [1.29, 1.82) is 0 Å². The van der Waals surface area contributed by atoms with Crippen LogP contribution in [0, 0.1) is 13.8 Å². The maximum atomic E-state index is 12.3. The number of aryl methyl sites for hydroxylation is 2. The number of H-pyrrole nitrogens is 1. The highest BCUT2D eigenvalue weighted by molar-refractivity contribution is 7.98. The number of aromatic amines is 1. The average molecular weight is 422 g/mol. The molecule has 0 bridgehead atoms. The Balaban J connectivity index is 1.48. The smallest absolute Gasteiger partial charge is 0.258 e. The van der Waals surface area contributed by atoms with Gasteiger partial charge in [-0.2, -0.15) is 0 Å². The van der Waals surface area contributed by atoms with Gasteiger partial charge >= 0.3 is 0 Å². The molecule has 4 rings (SSSR count). The van der Waals surface area contributed by atoms with E-state index in [1.165, 1.54) is 17.3 Å². The zero-order chi connectivity index (χ0) is 21.1. The lowest BCUT2D eigenvalue weighted by Gasteiger charge is -2.11. The van der Waals surface area contributed by atoms with Gasteiger partial charge in [-0.3, -0.25) is 4.79 Å². The highest BCUT2D eigenvalue weighted by Gasteiger charge is 2.14. The van der Waals surface area contributed by atoms with Crippen LogP contribution in [-0.2, 0) is 18.9 Å². The van der Waals surface area contributed by atoms with E-state index < -0.39 is 0 Å². The van der Waals surface area contributed by atoms with E-state index in [4.69, 9.17) is 4.74 Å². The van der Waals surface area contributed by atoms with Gasteiger partial charge in [0.15, 0.2) is 11.0 Å². The van der Waals surface area contributed by atoms with Crippen molar-refractivity contribution in [2.45, 2.75) is 44.8 Å². The summed E-state index contributed by atoms with van der Waals surface area (Å²) in [7, 11) is 0. The Morgan fingerprint density at radius 1 is 1.13 bits per heavy atom. The molecule has 0 fully saturated rings. The third-order valence-electron chi connectivity index (χ3n) is 4.80. The van der Waals surface area contributed by atoms with E-state index in [0.29, 0.717) is 29.1 Å². The second-order valence-electron chi connectivity index (χ2n) is 7.02.